The van der Waals surface area contributed by atoms with E-state index in [1.54, 1.807) is 6.07 Å². The lowest BCUT2D eigenvalue weighted by Gasteiger charge is -2.40. The summed E-state index contributed by atoms with van der Waals surface area (Å²) in [6.07, 6.45) is 12.8. The van der Waals surface area contributed by atoms with Crippen LogP contribution in [0, 0.1) is 12.3 Å². The van der Waals surface area contributed by atoms with Gasteiger partial charge in [-0.1, -0.05) is 30.2 Å². The number of benzene rings is 1. The molecule has 2 heterocycles. The molecule has 0 bridgehead atoms. The molecule has 214 valence electrons. The second kappa shape index (κ2) is 14.5. The molecule has 0 radical (unpaired) electrons. The van der Waals surface area contributed by atoms with E-state index in [0.29, 0.717) is 50.5 Å². The van der Waals surface area contributed by atoms with Crippen LogP contribution in [-0.2, 0) is 9.59 Å². The van der Waals surface area contributed by atoms with Gasteiger partial charge in [-0.25, -0.2) is 0 Å². The van der Waals surface area contributed by atoms with Crippen LogP contribution >= 0.6 is 0 Å². The zero-order valence-corrected chi connectivity index (χ0v) is 23.6. The van der Waals surface area contributed by atoms with Crippen LogP contribution in [-0.4, -0.2) is 68.5 Å². The van der Waals surface area contributed by atoms with E-state index < -0.39 is 5.41 Å². The average molecular weight is 539 g/mol. The van der Waals surface area contributed by atoms with E-state index in [4.69, 9.17) is 4.74 Å². The Morgan fingerprint density at radius 2 is 1.85 bits per heavy atom. The third-order valence-electron chi connectivity index (χ3n) is 8.49. The van der Waals surface area contributed by atoms with E-state index in [9.17, 15) is 14.4 Å². The third-order valence-corrected chi connectivity index (χ3v) is 8.49. The van der Waals surface area contributed by atoms with Gasteiger partial charge in [0, 0.05) is 19.6 Å². The first kappa shape index (κ1) is 29.1. The van der Waals surface area contributed by atoms with Crippen molar-refractivity contribution in [3.8, 4) is 5.75 Å². The highest BCUT2D eigenvalue weighted by molar-refractivity contribution is 5.97. The van der Waals surface area contributed by atoms with Gasteiger partial charge in [-0.3, -0.25) is 19.3 Å². The number of aryl methyl sites for hydroxylation is 1. The van der Waals surface area contributed by atoms with Crippen LogP contribution in [0.5, 0.6) is 5.75 Å². The number of amides is 3. The highest BCUT2D eigenvalue weighted by Crippen LogP contribution is 2.37. The summed E-state index contributed by atoms with van der Waals surface area (Å²) in [7, 11) is 0. The minimum absolute atomic E-state index is 0.0702. The van der Waals surface area contributed by atoms with Crippen molar-refractivity contribution in [3.63, 3.8) is 0 Å². The number of nitrogens with one attached hydrogen (secondary N) is 3. The molecule has 0 aromatic heterocycles. The lowest BCUT2D eigenvalue weighted by atomic mass is 9.73. The van der Waals surface area contributed by atoms with Crippen LogP contribution in [0.25, 0.3) is 0 Å². The molecule has 1 aromatic carbocycles. The lowest BCUT2D eigenvalue weighted by molar-refractivity contribution is -0.135. The Balaban J connectivity index is 1.27. The monoisotopic (exact) mass is 538 g/mol. The summed E-state index contributed by atoms with van der Waals surface area (Å²) in [6.45, 7) is 6.04. The van der Waals surface area contributed by atoms with Crippen molar-refractivity contribution in [1.29, 1.82) is 0 Å². The molecular formula is C31H46N4O4. The summed E-state index contributed by atoms with van der Waals surface area (Å²) in [5.74, 6) is 0.688. The lowest BCUT2D eigenvalue weighted by Crippen LogP contribution is -2.51. The van der Waals surface area contributed by atoms with Crippen LogP contribution in [0.15, 0.2) is 29.8 Å². The quantitative estimate of drug-likeness (QED) is 0.494. The second-order valence-electron chi connectivity index (χ2n) is 11.4. The number of likely N-dealkylation sites (tertiary alicyclic amines) is 1. The van der Waals surface area contributed by atoms with Gasteiger partial charge in [0.15, 0.2) is 0 Å². The number of carbonyl (C=O) groups excluding carboxylic acids is 3. The fraction of sp³-hybridized carbons (Fsp3) is 0.645. The van der Waals surface area contributed by atoms with E-state index in [1.165, 1.54) is 31.3 Å². The molecule has 0 unspecified atom stereocenters. The summed E-state index contributed by atoms with van der Waals surface area (Å²) in [6, 6.07) is 5.62. The van der Waals surface area contributed by atoms with Crippen molar-refractivity contribution >= 4 is 17.7 Å². The summed E-state index contributed by atoms with van der Waals surface area (Å²) >= 11 is 0. The van der Waals surface area contributed by atoms with Crippen molar-refractivity contribution in [2.45, 2.75) is 77.6 Å². The Bertz CT molecular complexity index is 1030. The summed E-state index contributed by atoms with van der Waals surface area (Å²) in [4.78, 5) is 41.0. The summed E-state index contributed by atoms with van der Waals surface area (Å²) < 4.78 is 5.99. The first-order valence-electron chi connectivity index (χ1n) is 14.9. The number of ether oxygens (including phenoxy) is 1. The fourth-order valence-electron chi connectivity index (χ4n) is 6.03. The summed E-state index contributed by atoms with van der Waals surface area (Å²) in [5.41, 5.74) is 2.54. The van der Waals surface area contributed by atoms with Crippen LogP contribution < -0.4 is 20.7 Å². The van der Waals surface area contributed by atoms with Gasteiger partial charge < -0.3 is 20.7 Å². The Hall–Kier alpha value is -2.87. The Kier molecular flexibility index (Phi) is 10.8. The van der Waals surface area contributed by atoms with Crippen LogP contribution in [0.4, 0.5) is 0 Å². The highest BCUT2D eigenvalue weighted by Gasteiger charge is 2.40. The van der Waals surface area contributed by atoms with E-state index in [0.717, 1.165) is 57.2 Å². The maximum absolute atomic E-state index is 13.4. The molecule has 8 heteroatoms. The Labute approximate surface area is 233 Å². The first-order valence-corrected chi connectivity index (χ1v) is 14.9. The van der Waals surface area contributed by atoms with Crippen molar-refractivity contribution < 1.29 is 19.1 Å². The fourth-order valence-corrected chi connectivity index (χ4v) is 6.03. The second-order valence-corrected chi connectivity index (χ2v) is 11.4. The molecule has 1 fully saturated rings. The number of piperidine rings is 1. The minimum Gasteiger partial charge on any atom is -0.492 e. The molecule has 1 aromatic rings. The average Bonchev–Trinajstić information content (AvgIpc) is 2.94. The first-order chi connectivity index (χ1) is 19.0. The van der Waals surface area contributed by atoms with E-state index >= 15 is 0 Å². The molecule has 3 aliphatic rings. The molecule has 8 nitrogen and oxygen atoms in total. The Morgan fingerprint density at radius 1 is 1.03 bits per heavy atom. The largest absolute Gasteiger partial charge is 0.492 e. The van der Waals surface area contributed by atoms with Gasteiger partial charge in [-0.2, -0.15) is 0 Å². The highest BCUT2D eigenvalue weighted by atomic mass is 16.5. The maximum atomic E-state index is 13.4. The molecule has 1 aliphatic carbocycles. The standard InChI is InChI=1S/C31H46N4O4/c1-24-9-7-12-26-28(24)39-22-8-18-34-30(38)31(14-5-6-17-33-29(26)37)15-20-35(21-16-31)23-27(36)32-19-13-25-10-3-2-4-11-25/h7,9-10,12H,2-6,8,11,13-23H2,1H3,(H,32,36)(H,33,37)(H,34,38). The molecule has 0 saturated carbocycles. The van der Waals surface area contributed by atoms with E-state index in [2.05, 4.69) is 26.9 Å². The van der Waals surface area contributed by atoms with Gasteiger partial charge in [-0.15, -0.1) is 0 Å². The third kappa shape index (κ3) is 8.31. The Morgan fingerprint density at radius 3 is 2.64 bits per heavy atom. The molecule has 3 amide bonds. The zero-order valence-electron chi connectivity index (χ0n) is 23.6. The van der Waals surface area contributed by atoms with Crippen LogP contribution in [0.2, 0.25) is 0 Å². The molecule has 1 spiro atoms. The number of fused-ring (bicyclic) bond motifs is 1. The van der Waals surface area contributed by atoms with Gasteiger partial charge in [-0.05, 0) is 95.9 Å². The molecule has 3 N–H and O–H groups in total. The number of nitrogens with zero attached hydrogens (tertiary/aromatic N) is 1. The maximum Gasteiger partial charge on any atom is 0.255 e. The van der Waals surface area contributed by atoms with Gasteiger partial charge in [0.2, 0.25) is 11.8 Å². The molecule has 39 heavy (non-hydrogen) atoms. The molecule has 4 rings (SSSR count). The summed E-state index contributed by atoms with van der Waals surface area (Å²) in [5, 5.41) is 9.28. The van der Waals surface area contributed by atoms with Gasteiger partial charge in [0.05, 0.1) is 24.1 Å². The van der Waals surface area contributed by atoms with E-state index in [-0.39, 0.29) is 17.7 Å². The zero-order chi connectivity index (χ0) is 27.5. The predicted octanol–water partition coefficient (Wildman–Crippen LogP) is 3.88. The van der Waals surface area contributed by atoms with Crippen molar-refractivity contribution in [1.82, 2.24) is 20.9 Å². The van der Waals surface area contributed by atoms with Crippen LogP contribution in [0.1, 0.15) is 86.6 Å². The normalized spacial score (nSPS) is 21.3. The number of para-hydroxylation sites is 1. The number of hydrogen-bond acceptors (Lipinski definition) is 5. The van der Waals surface area contributed by atoms with Crippen LogP contribution in [0.3, 0.4) is 0 Å². The number of carbonyl (C=O) groups is 3. The van der Waals surface area contributed by atoms with E-state index in [1.807, 2.05) is 19.1 Å². The number of allylic oxidation sites excluding steroid dienone is 1. The SMILES string of the molecule is Cc1cccc2c1OCCCNC(=O)C1(CCCCNC2=O)CCN(CC(=O)NCCC2=CCCCC2)CC1. The predicted molar refractivity (Wildman–Crippen MR) is 153 cm³/mol. The number of hydrogen-bond donors (Lipinski definition) is 3. The van der Waals surface area contributed by atoms with Crippen molar-refractivity contribution in [2.75, 3.05) is 45.9 Å². The molecule has 2 aliphatic heterocycles. The van der Waals surface area contributed by atoms with Gasteiger partial charge in [0.1, 0.15) is 5.75 Å². The minimum atomic E-state index is -0.426. The smallest absolute Gasteiger partial charge is 0.255 e. The number of rotatable bonds is 5. The molecule has 1 saturated heterocycles. The van der Waals surface area contributed by atoms with Gasteiger partial charge >= 0.3 is 0 Å². The van der Waals surface area contributed by atoms with Gasteiger partial charge in [0.25, 0.3) is 5.91 Å². The topological polar surface area (TPSA) is 99.8 Å². The molecular weight excluding hydrogens is 492 g/mol. The van der Waals surface area contributed by atoms with Crippen molar-refractivity contribution in [3.05, 3.63) is 41.0 Å². The van der Waals surface area contributed by atoms with Crippen molar-refractivity contribution in [2.24, 2.45) is 5.41 Å². The molecule has 0 atom stereocenters.